The molecular formula is C23H21N3O6S. The van der Waals surface area contributed by atoms with Crippen LogP contribution < -0.4 is 10.2 Å². The first-order valence-electron chi connectivity index (χ1n) is 10.2. The fraction of sp³-hybridized carbons (Fsp3) is 0.217. The van der Waals surface area contributed by atoms with Gasteiger partial charge in [0.15, 0.2) is 0 Å². The van der Waals surface area contributed by atoms with Gasteiger partial charge in [-0.25, -0.2) is 9.59 Å². The van der Waals surface area contributed by atoms with Gasteiger partial charge in [-0.3, -0.25) is 19.4 Å². The van der Waals surface area contributed by atoms with Gasteiger partial charge in [-0.1, -0.05) is 18.2 Å². The number of hydrogen-bond donors (Lipinski definition) is 1. The number of benzene rings is 1. The lowest BCUT2D eigenvalue weighted by molar-refractivity contribution is -0.130. The number of urea groups is 1. The summed E-state index contributed by atoms with van der Waals surface area (Å²) >= 11 is 1.12. The van der Waals surface area contributed by atoms with E-state index in [9.17, 15) is 19.2 Å². The number of para-hydroxylation sites is 1. The monoisotopic (exact) mass is 467 g/mol. The van der Waals surface area contributed by atoms with Crippen LogP contribution in [-0.4, -0.2) is 47.9 Å². The third kappa shape index (κ3) is 4.24. The zero-order valence-electron chi connectivity index (χ0n) is 17.9. The summed E-state index contributed by atoms with van der Waals surface area (Å²) in [7, 11) is 0. The number of carbonyl (C=O) groups is 4. The van der Waals surface area contributed by atoms with E-state index in [-0.39, 0.29) is 17.2 Å². The van der Waals surface area contributed by atoms with Gasteiger partial charge in [-0.05, 0) is 38.1 Å². The second-order valence-corrected chi connectivity index (χ2v) is 8.07. The molecule has 3 aromatic rings. The molecule has 33 heavy (non-hydrogen) atoms. The van der Waals surface area contributed by atoms with Gasteiger partial charge in [0.2, 0.25) is 5.91 Å². The first-order valence-corrected chi connectivity index (χ1v) is 11.1. The first kappa shape index (κ1) is 22.3. The molecular weight excluding hydrogens is 446 g/mol. The molecule has 9 nitrogen and oxygen atoms in total. The minimum absolute atomic E-state index is 0.156. The lowest BCUT2D eigenvalue weighted by atomic mass is 10.1. The summed E-state index contributed by atoms with van der Waals surface area (Å²) in [6.07, 6.45) is 1.48. The molecule has 2 aromatic heterocycles. The highest BCUT2D eigenvalue weighted by Crippen LogP contribution is 2.36. The molecule has 0 bridgehead atoms. The normalized spacial score (nSPS) is 15.8. The SMILES string of the molecule is CCOC(=O)c1c(-c2ccco2)csc1NC(=O)CN1C(=O)C(C)N(c2ccccc2)C1=O. The summed E-state index contributed by atoms with van der Waals surface area (Å²) in [5.74, 6) is -1.26. The van der Waals surface area contributed by atoms with E-state index in [1.165, 1.54) is 11.2 Å². The molecule has 1 aromatic carbocycles. The van der Waals surface area contributed by atoms with Crippen molar-refractivity contribution in [3.8, 4) is 11.3 Å². The molecule has 0 radical (unpaired) electrons. The number of imide groups is 1. The smallest absolute Gasteiger partial charge is 0.341 e. The van der Waals surface area contributed by atoms with Crippen molar-refractivity contribution in [3.05, 3.63) is 59.7 Å². The van der Waals surface area contributed by atoms with Gasteiger partial charge in [-0.15, -0.1) is 11.3 Å². The lowest BCUT2D eigenvalue weighted by Gasteiger charge is -2.19. The summed E-state index contributed by atoms with van der Waals surface area (Å²) < 4.78 is 10.5. The zero-order valence-corrected chi connectivity index (χ0v) is 18.8. The number of anilines is 2. The maximum absolute atomic E-state index is 12.9. The standard InChI is InChI=1S/C23H21N3O6S/c1-3-31-22(29)19-16(17-10-7-11-32-17)13-33-20(19)24-18(27)12-25-21(28)14(2)26(23(25)30)15-8-5-4-6-9-15/h4-11,13-14H,3,12H2,1-2H3,(H,24,27). The molecule has 4 rings (SSSR count). The molecule has 3 heterocycles. The van der Waals surface area contributed by atoms with E-state index in [0.717, 1.165) is 16.2 Å². The van der Waals surface area contributed by atoms with Crippen LogP contribution >= 0.6 is 11.3 Å². The average molecular weight is 468 g/mol. The minimum atomic E-state index is -0.741. The highest BCUT2D eigenvalue weighted by atomic mass is 32.1. The van der Waals surface area contributed by atoms with Crippen molar-refractivity contribution in [1.82, 2.24) is 4.90 Å². The molecule has 1 N–H and O–H groups in total. The highest BCUT2D eigenvalue weighted by Gasteiger charge is 2.44. The molecule has 1 fully saturated rings. The third-order valence-electron chi connectivity index (χ3n) is 5.09. The first-order chi connectivity index (χ1) is 15.9. The van der Waals surface area contributed by atoms with Crippen LogP contribution in [0.25, 0.3) is 11.3 Å². The number of rotatable bonds is 7. The van der Waals surface area contributed by atoms with Crippen molar-refractivity contribution in [1.29, 1.82) is 0 Å². The van der Waals surface area contributed by atoms with Crippen LogP contribution in [0.5, 0.6) is 0 Å². The quantitative estimate of drug-likeness (QED) is 0.416. The van der Waals surface area contributed by atoms with Crippen molar-refractivity contribution in [3.63, 3.8) is 0 Å². The lowest BCUT2D eigenvalue weighted by Crippen LogP contribution is -2.39. The summed E-state index contributed by atoms with van der Waals surface area (Å²) in [5, 5.41) is 4.56. The van der Waals surface area contributed by atoms with E-state index in [0.29, 0.717) is 17.0 Å². The molecule has 10 heteroatoms. The maximum atomic E-state index is 12.9. The van der Waals surface area contributed by atoms with E-state index < -0.39 is 36.4 Å². The molecule has 1 saturated heterocycles. The molecule has 0 spiro atoms. The van der Waals surface area contributed by atoms with Crippen LogP contribution in [0.1, 0.15) is 24.2 Å². The Kier molecular flexibility index (Phi) is 6.27. The number of furan rings is 1. The number of nitrogens with zero attached hydrogens (tertiary/aromatic N) is 2. The number of nitrogens with one attached hydrogen (secondary N) is 1. The Morgan fingerprint density at radius 1 is 1.15 bits per heavy atom. The second-order valence-electron chi connectivity index (χ2n) is 7.19. The molecule has 0 aliphatic carbocycles. The predicted octanol–water partition coefficient (Wildman–Crippen LogP) is 3.98. The van der Waals surface area contributed by atoms with Crippen molar-refractivity contribution >= 4 is 45.8 Å². The Bertz CT molecular complexity index is 1190. The van der Waals surface area contributed by atoms with Gasteiger partial charge in [0, 0.05) is 16.6 Å². The van der Waals surface area contributed by atoms with Gasteiger partial charge < -0.3 is 14.5 Å². The maximum Gasteiger partial charge on any atom is 0.341 e. The van der Waals surface area contributed by atoms with Crippen LogP contribution in [0.4, 0.5) is 15.5 Å². The van der Waals surface area contributed by atoms with Crippen molar-refractivity contribution in [2.45, 2.75) is 19.9 Å². The Labute approximate surface area is 193 Å². The predicted molar refractivity (Wildman–Crippen MR) is 122 cm³/mol. The number of hydrogen-bond acceptors (Lipinski definition) is 7. The highest BCUT2D eigenvalue weighted by molar-refractivity contribution is 7.15. The van der Waals surface area contributed by atoms with Gasteiger partial charge >= 0.3 is 12.0 Å². The summed E-state index contributed by atoms with van der Waals surface area (Å²) in [6, 6.07) is 10.8. The Hall–Kier alpha value is -3.92. The van der Waals surface area contributed by atoms with Crippen LogP contribution in [0.15, 0.2) is 58.5 Å². The largest absolute Gasteiger partial charge is 0.464 e. The summed E-state index contributed by atoms with van der Waals surface area (Å²) in [4.78, 5) is 53.2. The number of amides is 4. The van der Waals surface area contributed by atoms with Gasteiger partial charge in [-0.2, -0.15) is 0 Å². The zero-order chi connectivity index (χ0) is 23.5. The Balaban J connectivity index is 1.54. The minimum Gasteiger partial charge on any atom is -0.464 e. The molecule has 0 saturated carbocycles. The molecule has 1 atom stereocenters. The van der Waals surface area contributed by atoms with Crippen LogP contribution in [0.2, 0.25) is 0 Å². The van der Waals surface area contributed by atoms with Crippen molar-refractivity contribution in [2.75, 3.05) is 23.4 Å². The van der Waals surface area contributed by atoms with E-state index in [1.807, 2.05) is 0 Å². The number of esters is 1. The number of ether oxygens (including phenoxy) is 1. The van der Waals surface area contributed by atoms with Crippen molar-refractivity contribution in [2.24, 2.45) is 0 Å². The Morgan fingerprint density at radius 3 is 2.58 bits per heavy atom. The topological polar surface area (TPSA) is 109 Å². The number of carbonyl (C=O) groups excluding carboxylic acids is 4. The van der Waals surface area contributed by atoms with Crippen LogP contribution in [0.3, 0.4) is 0 Å². The molecule has 4 amide bonds. The Morgan fingerprint density at radius 2 is 1.91 bits per heavy atom. The fourth-order valence-corrected chi connectivity index (χ4v) is 4.53. The van der Waals surface area contributed by atoms with E-state index in [4.69, 9.17) is 9.15 Å². The van der Waals surface area contributed by atoms with Crippen molar-refractivity contribution < 1.29 is 28.3 Å². The number of thiophene rings is 1. The van der Waals surface area contributed by atoms with Gasteiger partial charge in [0.25, 0.3) is 5.91 Å². The fourth-order valence-electron chi connectivity index (χ4n) is 3.57. The molecule has 1 unspecified atom stereocenters. The van der Waals surface area contributed by atoms with E-state index in [1.54, 1.807) is 61.7 Å². The van der Waals surface area contributed by atoms with E-state index in [2.05, 4.69) is 5.32 Å². The molecule has 1 aliphatic rings. The second kappa shape index (κ2) is 9.29. The van der Waals surface area contributed by atoms with Crippen LogP contribution in [0, 0.1) is 0 Å². The molecule has 170 valence electrons. The van der Waals surface area contributed by atoms with E-state index >= 15 is 0 Å². The summed E-state index contributed by atoms with van der Waals surface area (Å²) in [6.45, 7) is 2.96. The van der Waals surface area contributed by atoms with Crippen LogP contribution in [-0.2, 0) is 14.3 Å². The molecule has 1 aliphatic heterocycles. The third-order valence-corrected chi connectivity index (χ3v) is 5.99. The van der Waals surface area contributed by atoms with Gasteiger partial charge in [0.1, 0.15) is 28.9 Å². The summed E-state index contributed by atoms with van der Waals surface area (Å²) in [5.41, 5.74) is 1.21. The van der Waals surface area contributed by atoms with Gasteiger partial charge in [0.05, 0.1) is 12.9 Å². The average Bonchev–Trinajstić information content (AvgIpc) is 3.51.